The van der Waals surface area contributed by atoms with E-state index in [2.05, 4.69) is 15.4 Å². The van der Waals surface area contributed by atoms with E-state index in [4.69, 9.17) is 16.7 Å². The molecule has 0 aliphatic heterocycles. The number of nitrogens with one attached hydrogen (secondary N) is 2. The SMILES string of the molecule is COCC(NC(=O)Nc1ccc(Cl)c([N+](=O)[O-])c1)C(=O)O. The molecule has 1 aromatic carbocycles. The summed E-state index contributed by atoms with van der Waals surface area (Å²) in [5, 5.41) is 23.9. The average Bonchev–Trinajstić information content (AvgIpc) is 2.40. The van der Waals surface area contributed by atoms with Gasteiger partial charge in [-0.25, -0.2) is 9.59 Å². The van der Waals surface area contributed by atoms with Gasteiger partial charge in [-0.3, -0.25) is 10.1 Å². The van der Waals surface area contributed by atoms with Crippen LogP contribution in [0.2, 0.25) is 5.02 Å². The maximum absolute atomic E-state index is 11.6. The van der Waals surface area contributed by atoms with Crippen LogP contribution in [0.3, 0.4) is 0 Å². The Balaban J connectivity index is 2.77. The summed E-state index contributed by atoms with van der Waals surface area (Å²) in [4.78, 5) is 32.5. The lowest BCUT2D eigenvalue weighted by Gasteiger charge is -2.14. The molecule has 0 aliphatic rings. The second kappa shape index (κ2) is 7.41. The molecule has 1 aromatic rings. The molecule has 0 spiro atoms. The number of nitro benzene ring substituents is 1. The lowest BCUT2D eigenvalue weighted by atomic mass is 10.3. The van der Waals surface area contributed by atoms with Crippen molar-refractivity contribution in [2.75, 3.05) is 19.0 Å². The number of nitrogens with zero attached hydrogens (tertiary/aromatic N) is 1. The minimum absolute atomic E-state index is 0.0752. The Morgan fingerprint density at radius 3 is 2.71 bits per heavy atom. The fraction of sp³-hybridized carbons (Fsp3) is 0.273. The van der Waals surface area contributed by atoms with Gasteiger partial charge >= 0.3 is 12.0 Å². The van der Waals surface area contributed by atoms with Gasteiger partial charge in [0.15, 0.2) is 6.04 Å². The first kappa shape index (κ1) is 16.7. The average molecular weight is 318 g/mol. The largest absolute Gasteiger partial charge is 0.480 e. The van der Waals surface area contributed by atoms with Crippen LogP contribution in [-0.4, -0.2) is 41.8 Å². The summed E-state index contributed by atoms with van der Waals surface area (Å²) < 4.78 is 4.65. The zero-order chi connectivity index (χ0) is 16.0. The molecule has 0 aliphatic carbocycles. The van der Waals surface area contributed by atoms with E-state index in [0.29, 0.717) is 0 Å². The first-order chi connectivity index (χ1) is 9.85. The molecular formula is C11H12ClN3O6. The second-order valence-corrected chi connectivity index (χ2v) is 4.28. The van der Waals surface area contributed by atoms with Crippen molar-refractivity contribution in [3.63, 3.8) is 0 Å². The highest BCUT2D eigenvalue weighted by Gasteiger charge is 2.20. The predicted molar refractivity (Wildman–Crippen MR) is 73.6 cm³/mol. The van der Waals surface area contributed by atoms with E-state index >= 15 is 0 Å². The highest BCUT2D eigenvalue weighted by Crippen LogP contribution is 2.27. The Bertz CT molecular complexity index is 565. The van der Waals surface area contributed by atoms with Crippen LogP contribution in [0.4, 0.5) is 16.2 Å². The van der Waals surface area contributed by atoms with Gasteiger partial charge < -0.3 is 20.5 Å². The zero-order valence-electron chi connectivity index (χ0n) is 10.8. The number of anilines is 1. The fourth-order valence-corrected chi connectivity index (χ4v) is 1.58. The molecule has 1 rings (SSSR count). The van der Waals surface area contributed by atoms with E-state index in [1.54, 1.807) is 0 Å². The summed E-state index contributed by atoms with van der Waals surface area (Å²) in [6, 6.07) is 1.59. The normalized spacial score (nSPS) is 11.5. The predicted octanol–water partition coefficient (Wildman–Crippen LogP) is 1.47. The summed E-state index contributed by atoms with van der Waals surface area (Å²) in [6.45, 7) is -0.219. The molecule has 10 heteroatoms. The van der Waals surface area contributed by atoms with Gasteiger partial charge in [-0.2, -0.15) is 0 Å². The molecule has 0 saturated carbocycles. The van der Waals surface area contributed by atoms with Crippen LogP contribution >= 0.6 is 11.6 Å². The Hall–Kier alpha value is -2.39. The van der Waals surface area contributed by atoms with Crippen molar-refractivity contribution in [1.82, 2.24) is 5.32 Å². The molecule has 1 atom stereocenters. The van der Waals surface area contributed by atoms with E-state index in [1.165, 1.54) is 19.2 Å². The van der Waals surface area contributed by atoms with E-state index in [9.17, 15) is 19.7 Å². The number of benzene rings is 1. The van der Waals surface area contributed by atoms with Crippen LogP contribution in [0.1, 0.15) is 0 Å². The van der Waals surface area contributed by atoms with Crippen molar-refractivity contribution in [1.29, 1.82) is 0 Å². The van der Waals surface area contributed by atoms with Crippen molar-refractivity contribution >= 4 is 35.0 Å². The molecule has 0 saturated heterocycles. The maximum atomic E-state index is 11.6. The van der Waals surface area contributed by atoms with Crippen LogP contribution in [0.25, 0.3) is 0 Å². The molecule has 0 fully saturated rings. The molecule has 114 valence electrons. The third kappa shape index (κ3) is 4.89. The van der Waals surface area contributed by atoms with Gasteiger partial charge in [-0.1, -0.05) is 11.6 Å². The van der Waals surface area contributed by atoms with Gasteiger partial charge in [0.2, 0.25) is 0 Å². The summed E-state index contributed by atoms with van der Waals surface area (Å²) in [6.07, 6.45) is 0. The van der Waals surface area contributed by atoms with Gasteiger partial charge in [0.1, 0.15) is 5.02 Å². The number of rotatable bonds is 6. The summed E-state index contributed by atoms with van der Waals surface area (Å²) >= 11 is 5.63. The van der Waals surface area contributed by atoms with E-state index < -0.39 is 23.0 Å². The number of carbonyl (C=O) groups excluding carboxylic acids is 1. The third-order valence-corrected chi connectivity index (χ3v) is 2.66. The van der Waals surface area contributed by atoms with Gasteiger partial charge in [0.25, 0.3) is 5.69 Å². The van der Waals surface area contributed by atoms with E-state index in [-0.39, 0.29) is 23.0 Å². The number of carboxylic acid groups (broad SMARTS) is 1. The quantitative estimate of drug-likeness (QED) is 0.538. The lowest BCUT2D eigenvalue weighted by molar-refractivity contribution is -0.384. The topological polar surface area (TPSA) is 131 Å². The van der Waals surface area contributed by atoms with E-state index in [1.807, 2.05) is 0 Å². The van der Waals surface area contributed by atoms with Gasteiger partial charge in [-0.05, 0) is 12.1 Å². The Morgan fingerprint density at radius 2 is 2.19 bits per heavy atom. The van der Waals surface area contributed by atoms with Crippen molar-refractivity contribution < 1.29 is 24.4 Å². The summed E-state index contributed by atoms with van der Waals surface area (Å²) in [5.41, 5.74) is -0.272. The molecule has 1 unspecified atom stereocenters. The number of hydrogen-bond acceptors (Lipinski definition) is 5. The molecule has 0 heterocycles. The number of carbonyl (C=O) groups is 2. The first-order valence-corrected chi connectivity index (χ1v) is 5.96. The minimum Gasteiger partial charge on any atom is -0.480 e. The smallest absolute Gasteiger partial charge is 0.328 e. The second-order valence-electron chi connectivity index (χ2n) is 3.87. The number of nitro groups is 1. The molecule has 0 bridgehead atoms. The molecule has 3 N–H and O–H groups in total. The van der Waals surface area contributed by atoms with Crippen molar-refractivity contribution in [2.45, 2.75) is 6.04 Å². The lowest BCUT2D eigenvalue weighted by Crippen LogP contribution is -2.45. The molecule has 9 nitrogen and oxygen atoms in total. The Kier molecular flexibility index (Phi) is 5.88. The van der Waals surface area contributed by atoms with Crippen LogP contribution < -0.4 is 10.6 Å². The highest BCUT2D eigenvalue weighted by molar-refractivity contribution is 6.32. The number of halogens is 1. The molecule has 0 aromatic heterocycles. The van der Waals surface area contributed by atoms with Crippen molar-refractivity contribution in [3.8, 4) is 0 Å². The molecule has 21 heavy (non-hydrogen) atoms. The summed E-state index contributed by atoms with van der Waals surface area (Å²) in [7, 11) is 1.29. The maximum Gasteiger partial charge on any atom is 0.328 e. The van der Waals surface area contributed by atoms with Gasteiger partial charge in [0, 0.05) is 18.9 Å². The number of urea groups is 1. The molecule has 2 amide bonds. The monoisotopic (exact) mass is 317 g/mol. The van der Waals surface area contributed by atoms with Crippen LogP contribution in [0.5, 0.6) is 0 Å². The minimum atomic E-state index is -1.27. The number of carboxylic acids is 1. The van der Waals surface area contributed by atoms with Crippen LogP contribution in [-0.2, 0) is 9.53 Å². The number of methoxy groups -OCH3 is 1. The van der Waals surface area contributed by atoms with Gasteiger partial charge in [0.05, 0.1) is 11.5 Å². The fourth-order valence-electron chi connectivity index (χ4n) is 1.40. The first-order valence-electron chi connectivity index (χ1n) is 5.58. The Labute approximate surface area is 124 Å². The van der Waals surface area contributed by atoms with Crippen molar-refractivity contribution in [2.24, 2.45) is 0 Å². The van der Waals surface area contributed by atoms with Crippen molar-refractivity contribution in [3.05, 3.63) is 33.3 Å². The number of ether oxygens (including phenoxy) is 1. The highest BCUT2D eigenvalue weighted by atomic mass is 35.5. The van der Waals surface area contributed by atoms with Crippen LogP contribution in [0.15, 0.2) is 18.2 Å². The molecule has 0 radical (unpaired) electrons. The number of hydrogen-bond donors (Lipinski definition) is 3. The van der Waals surface area contributed by atoms with E-state index in [0.717, 1.165) is 6.07 Å². The van der Waals surface area contributed by atoms with Crippen LogP contribution in [0, 0.1) is 10.1 Å². The third-order valence-electron chi connectivity index (χ3n) is 2.34. The summed E-state index contributed by atoms with van der Waals surface area (Å²) in [5.74, 6) is -1.27. The zero-order valence-corrected chi connectivity index (χ0v) is 11.6. The van der Waals surface area contributed by atoms with Gasteiger partial charge in [-0.15, -0.1) is 0 Å². The number of aliphatic carboxylic acids is 1. The Morgan fingerprint density at radius 1 is 1.52 bits per heavy atom. The standard InChI is InChI=1S/C11H12ClN3O6/c1-21-5-8(10(16)17)14-11(18)13-6-2-3-7(12)9(4-6)15(19)20/h2-4,8H,5H2,1H3,(H,16,17)(H2,13,14,18). The molecular weight excluding hydrogens is 306 g/mol. The number of amides is 2.